The highest BCUT2D eigenvalue weighted by Crippen LogP contribution is 2.22. The number of benzene rings is 1. The minimum absolute atomic E-state index is 0. The fraction of sp³-hybridized carbons (Fsp3) is 0.471. The Balaban J connectivity index is 0.00000243. The average molecular weight is 419 g/mol. The highest BCUT2D eigenvalue weighted by molar-refractivity contribution is 7.89. The summed E-state index contributed by atoms with van der Waals surface area (Å²) in [7, 11) is -1.54. The van der Waals surface area contributed by atoms with Crippen LogP contribution in [0.4, 0.5) is 0 Å². The molecule has 0 radical (unpaired) electrons. The zero-order valence-electron chi connectivity index (χ0n) is 15.1. The predicted octanol–water partition coefficient (Wildman–Crippen LogP) is 2.62. The molecule has 0 N–H and O–H groups in total. The van der Waals surface area contributed by atoms with Crippen LogP contribution in [0.2, 0.25) is 5.02 Å². The highest BCUT2D eigenvalue weighted by Gasteiger charge is 2.29. The molecule has 0 atom stereocenters. The van der Waals surface area contributed by atoms with Gasteiger partial charge in [0.2, 0.25) is 10.0 Å². The van der Waals surface area contributed by atoms with E-state index in [0.717, 1.165) is 17.9 Å². The van der Waals surface area contributed by atoms with Crippen LogP contribution in [0.25, 0.3) is 0 Å². The molecule has 3 rings (SSSR count). The normalized spacial score (nSPS) is 16.5. The quantitative estimate of drug-likeness (QED) is 0.765. The first kappa shape index (κ1) is 21.2. The Kier molecular flexibility index (Phi) is 6.74. The second-order valence-corrected chi connectivity index (χ2v) is 8.78. The van der Waals surface area contributed by atoms with E-state index in [1.54, 1.807) is 18.2 Å². The third-order valence-corrected chi connectivity index (χ3v) is 6.94. The van der Waals surface area contributed by atoms with E-state index in [4.69, 9.17) is 11.6 Å². The number of sulfonamides is 1. The van der Waals surface area contributed by atoms with E-state index in [9.17, 15) is 8.42 Å². The van der Waals surface area contributed by atoms with Crippen LogP contribution in [-0.4, -0.2) is 53.6 Å². The van der Waals surface area contributed by atoms with E-state index in [-0.39, 0.29) is 17.3 Å². The highest BCUT2D eigenvalue weighted by atomic mass is 35.5. The van der Waals surface area contributed by atoms with Crippen LogP contribution in [0, 0.1) is 13.8 Å². The summed E-state index contributed by atoms with van der Waals surface area (Å²) in [4.78, 5) is 2.54. The summed E-state index contributed by atoms with van der Waals surface area (Å²) >= 11 is 5.94. The van der Waals surface area contributed by atoms with E-state index in [1.165, 1.54) is 15.9 Å². The van der Waals surface area contributed by atoms with E-state index in [0.29, 0.717) is 31.2 Å². The Bertz CT molecular complexity index is 875. The van der Waals surface area contributed by atoms with Crippen LogP contribution in [0.5, 0.6) is 0 Å². The third kappa shape index (κ3) is 4.23. The monoisotopic (exact) mass is 418 g/mol. The summed E-state index contributed by atoms with van der Waals surface area (Å²) in [6.07, 6.45) is 0. The summed E-state index contributed by atoms with van der Waals surface area (Å²) in [5, 5.41) is 4.88. The SMILES string of the molecule is Cc1nn(C)c(C)c1CN1CCN(S(=O)(=O)c2cccc(Cl)c2)CC1.Cl. The van der Waals surface area contributed by atoms with Crippen LogP contribution in [0.1, 0.15) is 17.0 Å². The van der Waals surface area contributed by atoms with Gasteiger partial charge in [0.1, 0.15) is 0 Å². The smallest absolute Gasteiger partial charge is 0.243 e. The van der Waals surface area contributed by atoms with Crippen molar-refractivity contribution in [2.45, 2.75) is 25.3 Å². The van der Waals surface area contributed by atoms with Crippen molar-refractivity contribution in [2.24, 2.45) is 7.05 Å². The van der Waals surface area contributed by atoms with Crippen LogP contribution < -0.4 is 0 Å². The molecule has 26 heavy (non-hydrogen) atoms. The molecule has 0 saturated carbocycles. The van der Waals surface area contributed by atoms with Crippen molar-refractivity contribution in [1.82, 2.24) is 19.0 Å². The first-order valence-corrected chi connectivity index (χ1v) is 10.1. The van der Waals surface area contributed by atoms with Gasteiger partial charge in [-0.3, -0.25) is 9.58 Å². The maximum atomic E-state index is 12.8. The van der Waals surface area contributed by atoms with E-state index in [1.807, 2.05) is 18.7 Å². The van der Waals surface area contributed by atoms with Gasteiger partial charge in [-0.05, 0) is 32.0 Å². The molecule has 6 nitrogen and oxygen atoms in total. The fourth-order valence-electron chi connectivity index (χ4n) is 3.17. The summed E-state index contributed by atoms with van der Waals surface area (Å²) in [6, 6.07) is 6.44. The van der Waals surface area contributed by atoms with Crippen molar-refractivity contribution in [3.8, 4) is 0 Å². The van der Waals surface area contributed by atoms with Gasteiger partial charge in [0.15, 0.2) is 0 Å². The van der Waals surface area contributed by atoms with Crippen molar-refractivity contribution in [3.63, 3.8) is 0 Å². The lowest BCUT2D eigenvalue weighted by atomic mass is 10.1. The van der Waals surface area contributed by atoms with Crippen LogP contribution in [0.3, 0.4) is 0 Å². The van der Waals surface area contributed by atoms with E-state index >= 15 is 0 Å². The third-order valence-electron chi connectivity index (χ3n) is 4.81. The lowest BCUT2D eigenvalue weighted by molar-refractivity contribution is 0.181. The average Bonchev–Trinajstić information content (AvgIpc) is 2.82. The Morgan fingerprint density at radius 2 is 1.81 bits per heavy atom. The maximum Gasteiger partial charge on any atom is 0.243 e. The fourth-order valence-corrected chi connectivity index (χ4v) is 4.90. The summed E-state index contributed by atoms with van der Waals surface area (Å²) in [5.74, 6) is 0. The number of halogens is 2. The molecule has 0 bridgehead atoms. The van der Waals surface area contributed by atoms with Crippen molar-refractivity contribution < 1.29 is 8.42 Å². The molecular formula is C17H24Cl2N4O2S. The number of rotatable bonds is 4. The topological polar surface area (TPSA) is 58.4 Å². The number of aromatic nitrogens is 2. The molecule has 1 aromatic carbocycles. The van der Waals surface area contributed by atoms with Crippen LogP contribution >= 0.6 is 24.0 Å². The largest absolute Gasteiger partial charge is 0.296 e. The second kappa shape index (κ2) is 8.27. The molecule has 1 saturated heterocycles. The molecule has 0 unspecified atom stereocenters. The predicted molar refractivity (Wildman–Crippen MR) is 105 cm³/mol. The van der Waals surface area contributed by atoms with Gasteiger partial charge in [0.25, 0.3) is 0 Å². The Morgan fingerprint density at radius 1 is 1.15 bits per heavy atom. The lowest BCUT2D eigenvalue weighted by Crippen LogP contribution is -2.48. The molecule has 144 valence electrons. The standard InChI is InChI=1S/C17H23ClN4O2S.ClH/c1-13-17(14(2)20(3)19-13)12-21-7-9-22(10-8-21)25(23,24)16-6-4-5-15(18)11-16;/h4-6,11H,7-10,12H2,1-3H3;1H. The molecular weight excluding hydrogens is 395 g/mol. The van der Waals surface area contributed by atoms with Crippen molar-refractivity contribution in [1.29, 1.82) is 0 Å². The molecule has 9 heteroatoms. The zero-order chi connectivity index (χ0) is 18.2. The van der Waals surface area contributed by atoms with Gasteiger partial charge < -0.3 is 0 Å². The van der Waals surface area contributed by atoms with Gasteiger partial charge in [-0.15, -0.1) is 12.4 Å². The van der Waals surface area contributed by atoms with Gasteiger partial charge in [-0.25, -0.2) is 8.42 Å². The number of aryl methyl sites for hydroxylation is 2. The Morgan fingerprint density at radius 3 is 2.35 bits per heavy atom. The minimum Gasteiger partial charge on any atom is -0.296 e. The lowest BCUT2D eigenvalue weighted by Gasteiger charge is -2.34. The van der Waals surface area contributed by atoms with Gasteiger partial charge in [0.05, 0.1) is 10.6 Å². The molecule has 1 aromatic heterocycles. The van der Waals surface area contributed by atoms with Gasteiger partial charge in [0, 0.05) is 56.1 Å². The van der Waals surface area contributed by atoms with Crippen molar-refractivity contribution in [2.75, 3.05) is 26.2 Å². The second-order valence-electron chi connectivity index (χ2n) is 6.41. The van der Waals surface area contributed by atoms with E-state index < -0.39 is 10.0 Å². The zero-order valence-corrected chi connectivity index (χ0v) is 17.5. The van der Waals surface area contributed by atoms with Crippen molar-refractivity contribution >= 4 is 34.0 Å². The first-order valence-electron chi connectivity index (χ1n) is 8.26. The van der Waals surface area contributed by atoms with E-state index in [2.05, 4.69) is 16.9 Å². The van der Waals surface area contributed by atoms with Crippen LogP contribution in [-0.2, 0) is 23.6 Å². The number of hydrogen-bond donors (Lipinski definition) is 0. The summed E-state index contributed by atoms with van der Waals surface area (Å²) < 4.78 is 28.9. The first-order chi connectivity index (χ1) is 11.8. The van der Waals surface area contributed by atoms with Crippen molar-refractivity contribution in [3.05, 3.63) is 46.2 Å². The summed E-state index contributed by atoms with van der Waals surface area (Å²) in [6.45, 7) is 7.25. The number of hydrogen-bond acceptors (Lipinski definition) is 4. The van der Waals surface area contributed by atoms with Gasteiger partial charge in [-0.1, -0.05) is 17.7 Å². The molecule has 2 aromatic rings. The number of nitrogens with zero attached hydrogens (tertiary/aromatic N) is 4. The Hall–Kier alpha value is -1.12. The maximum absolute atomic E-state index is 12.8. The summed E-state index contributed by atoms with van der Waals surface area (Å²) in [5.41, 5.74) is 3.43. The van der Waals surface area contributed by atoms with Gasteiger partial charge in [-0.2, -0.15) is 9.40 Å². The molecule has 0 spiro atoms. The molecule has 1 aliphatic rings. The minimum atomic E-state index is -3.49. The molecule has 0 amide bonds. The van der Waals surface area contributed by atoms with Gasteiger partial charge >= 0.3 is 0 Å². The molecule has 2 heterocycles. The molecule has 1 aliphatic heterocycles. The number of piperazine rings is 1. The molecule has 1 fully saturated rings. The molecule has 0 aliphatic carbocycles. The Labute approximate surface area is 166 Å². The van der Waals surface area contributed by atoms with Crippen LogP contribution in [0.15, 0.2) is 29.2 Å².